The summed E-state index contributed by atoms with van der Waals surface area (Å²) in [6, 6.07) is 7.90. The van der Waals surface area contributed by atoms with Crippen molar-refractivity contribution < 1.29 is 9.21 Å². The number of aromatic nitrogens is 1. The number of carbonyl (C=O) groups excluding carboxylic acids is 1. The molecule has 1 saturated heterocycles. The molecule has 2 aliphatic rings. The smallest absolute Gasteiger partial charge is 0.226 e. The summed E-state index contributed by atoms with van der Waals surface area (Å²) in [7, 11) is 0. The Hall–Kier alpha value is -2.30. The largest absolute Gasteiger partial charge is 0.469 e. The van der Waals surface area contributed by atoms with Crippen molar-refractivity contribution in [2.75, 3.05) is 31.1 Å². The molecule has 0 spiro atoms. The monoisotopic (exact) mass is 297 g/mol. The zero-order valence-corrected chi connectivity index (χ0v) is 12.4. The second-order valence-corrected chi connectivity index (χ2v) is 5.98. The van der Waals surface area contributed by atoms with Crippen LogP contribution in [0.25, 0.3) is 0 Å². The van der Waals surface area contributed by atoms with Gasteiger partial charge in [0.05, 0.1) is 6.26 Å². The van der Waals surface area contributed by atoms with Gasteiger partial charge in [0.15, 0.2) is 0 Å². The lowest BCUT2D eigenvalue weighted by Gasteiger charge is -2.36. The summed E-state index contributed by atoms with van der Waals surface area (Å²) in [5.41, 5.74) is 1.18. The highest BCUT2D eigenvalue weighted by atomic mass is 16.3. The number of carbonyl (C=O) groups is 1. The predicted octanol–water partition coefficient (Wildman–Crippen LogP) is 2.13. The van der Waals surface area contributed by atoms with E-state index in [-0.39, 0.29) is 11.8 Å². The van der Waals surface area contributed by atoms with Crippen molar-refractivity contribution in [2.24, 2.45) is 5.92 Å². The molecule has 3 heterocycles. The Morgan fingerprint density at radius 2 is 1.91 bits per heavy atom. The first kappa shape index (κ1) is 13.4. The van der Waals surface area contributed by atoms with E-state index < -0.39 is 0 Å². The van der Waals surface area contributed by atoms with Crippen LogP contribution in [0.15, 0.2) is 47.3 Å². The van der Waals surface area contributed by atoms with Gasteiger partial charge in [-0.15, -0.1) is 0 Å². The molecule has 4 rings (SSSR count). The molecule has 1 amide bonds. The number of anilines is 1. The zero-order chi connectivity index (χ0) is 14.9. The molecule has 0 N–H and O–H groups in total. The molecule has 1 aliphatic carbocycles. The quantitative estimate of drug-likeness (QED) is 0.871. The third-order valence-electron chi connectivity index (χ3n) is 4.64. The summed E-state index contributed by atoms with van der Waals surface area (Å²) >= 11 is 0. The van der Waals surface area contributed by atoms with E-state index in [4.69, 9.17) is 4.42 Å². The lowest BCUT2D eigenvalue weighted by Crippen LogP contribution is -2.49. The summed E-state index contributed by atoms with van der Waals surface area (Å²) in [4.78, 5) is 20.9. The van der Waals surface area contributed by atoms with Crippen LogP contribution < -0.4 is 4.90 Å². The highest BCUT2D eigenvalue weighted by Gasteiger charge is 2.47. The van der Waals surface area contributed by atoms with Crippen LogP contribution in [0.1, 0.15) is 18.1 Å². The van der Waals surface area contributed by atoms with Crippen LogP contribution in [0, 0.1) is 5.92 Å². The third kappa shape index (κ3) is 2.47. The topological polar surface area (TPSA) is 49.6 Å². The standard InChI is InChI=1S/C17H19N3O2/c21-17(15-12-14(15)16-2-1-11-22-16)20-9-7-19(8-10-20)13-3-5-18-6-4-13/h1-6,11,14-15H,7-10,12H2/t14-,15-/m0/s1. The highest BCUT2D eigenvalue weighted by molar-refractivity contribution is 5.83. The Balaban J connectivity index is 1.33. The Labute approximate surface area is 129 Å². The fraction of sp³-hybridized carbons (Fsp3) is 0.412. The summed E-state index contributed by atoms with van der Waals surface area (Å²) in [6.07, 6.45) is 6.23. The third-order valence-corrected chi connectivity index (χ3v) is 4.64. The van der Waals surface area contributed by atoms with Crippen LogP contribution in [0.4, 0.5) is 5.69 Å². The summed E-state index contributed by atoms with van der Waals surface area (Å²) in [5.74, 6) is 1.66. The maximum Gasteiger partial charge on any atom is 0.226 e. The summed E-state index contributed by atoms with van der Waals surface area (Å²) in [6.45, 7) is 3.35. The summed E-state index contributed by atoms with van der Waals surface area (Å²) in [5, 5.41) is 0. The van der Waals surface area contributed by atoms with Gasteiger partial charge in [0.25, 0.3) is 0 Å². The van der Waals surface area contributed by atoms with Gasteiger partial charge in [0.2, 0.25) is 5.91 Å². The lowest BCUT2D eigenvalue weighted by molar-refractivity contribution is -0.133. The SMILES string of the molecule is O=C([C@H]1C[C@@H]1c1ccco1)N1CCN(c2ccncc2)CC1. The molecule has 1 saturated carbocycles. The second kappa shape index (κ2) is 5.48. The van der Waals surface area contributed by atoms with Crippen LogP contribution in [-0.2, 0) is 4.79 Å². The molecule has 0 bridgehead atoms. The molecule has 5 heteroatoms. The molecule has 0 radical (unpaired) electrons. The van der Waals surface area contributed by atoms with E-state index in [0.717, 1.165) is 38.4 Å². The van der Waals surface area contributed by atoms with Crippen molar-refractivity contribution in [2.45, 2.75) is 12.3 Å². The molecular weight excluding hydrogens is 278 g/mol. The van der Waals surface area contributed by atoms with Crippen molar-refractivity contribution in [3.8, 4) is 0 Å². The van der Waals surface area contributed by atoms with Gasteiger partial charge in [0.1, 0.15) is 5.76 Å². The lowest BCUT2D eigenvalue weighted by atomic mass is 10.2. The van der Waals surface area contributed by atoms with Crippen molar-refractivity contribution in [1.29, 1.82) is 0 Å². The maximum atomic E-state index is 12.6. The molecular formula is C17H19N3O2. The minimum absolute atomic E-state index is 0.124. The van der Waals surface area contributed by atoms with Gasteiger partial charge >= 0.3 is 0 Å². The van der Waals surface area contributed by atoms with Crippen LogP contribution in [0.3, 0.4) is 0 Å². The van der Waals surface area contributed by atoms with Crippen molar-refractivity contribution in [3.63, 3.8) is 0 Å². The first-order chi connectivity index (χ1) is 10.8. The molecule has 114 valence electrons. The number of rotatable bonds is 3. The zero-order valence-electron chi connectivity index (χ0n) is 12.4. The van der Waals surface area contributed by atoms with Crippen molar-refractivity contribution in [3.05, 3.63) is 48.7 Å². The second-order valence-electron chi connectivity index (χ2n) is 5.98. The molecule has 5 nitrogen and oxygen atoms in total. The molecule has 2 atom stereocenters. The van der Waals surface area contributed by atoms with Gasteiger partial charge in [-0.1, -0.05) is 0 Å². The predicted molar refractivity (Wildman–Crippen MR) is 82.6 cm³/mol. The molecule has 1 aliphatic heterocycles. The molecule has 2 fully saturated rings. The fourth-order valence-corrected chi connectivity index (χ4v) is 3.26. The maximum absolute atomic E-state index is 12.6. The average Bonchev–Trinajstić information content (AvgIpc) is 3.20. The van der Waals surface area contributed by atoms with E-state index >= 15 is 0 Å². The number of hydrogen-bond acceptors (Lipinski definition) is 4. The number of furan rings is 1. The van der Waals surface area contributed by atoms with Crippen LogP contribution in [0.5, 0.6) is 0 Å². The number of nitrogens with zero attached hydrogens (tertiary/aromatic N) is 3. The van der Waals surface area contributed by atoms with Gasteiger partial charge in [-0.2, -0.15) is 0 Å². The Bertz CT molecular complexity index is 633. The number of pyridine rings is 1. The van der Waals surface area contributed by atoms with E-state index in [1.54, 1.807) is 6.26 Å². The molecule has 2 aromatic heterocycles. The Morgan fingerprint density at radius 3 is 2.59 bits per heavy atom. The van der Waals surface area contributed by atoms with Crippen molar-refractivity contribution in [1.82, 2.24) is 9.88 Å². The first-order valence-corrected chi connectivity index (χ1v) is 7.80. The van der Waals surface area contributed by atoms with E-state index in [1.807, 2.05) is 41.6 Å². The van der Waals surface area contributed by atoms with E-state index in [9.17, 15) is 4.79 Å². The summed E-state index contributed by atoms with van der Waals surface area (Å²) < 4.78 is 5.42. The number of amides is 1. The molecule has 0 aromatic carbocycles. The van der Waals surface area contributed by atoms with Gasteiger partial charge < -0.3 is 14.2 Å². The minimum Gasteiger partial charge on any atom is -0.469 e. The minimum atomic E-state index is 0.124. The van der Waals surface area contributed by atoms with Gasteiger partial charge in [-0.25, -0.2) is 0 Å². The Morgan fingerprint density at radius 1 is 1.14 bits per heavy atom. The van der Waals surface area contributed by atoms with E-state index in [1.165, 1.54) is 5.69 Å². The fourth-order valence-electron chi connectivity index (χ4n) is 3.26. The number of piperazine rings is 1. The van der Waals surface area contributed by atoms with Gasteiger partial charge in [0, 0.05) is 56.1 Å². The van der Waals surface area contributed by atoms with Crippen LogP contribution >= 0.6 is 0 Å². The highest BCUT2D eigenvalue weighted by Crippen LogP contribution is 2.48. The molecule has 22 heavy (non-hydrogen) atoms. The van der Waals surface area contributed by atoms with Crippen LogP contribution in [-0.4, -0.2) is 42.0 Å². The average molecular weight is 297 g/mol. The first-order valence-electron chi connectivity index (χ1n) is 7.80. The normalized spacial score (nSPS) is 24.4. The van der Waals surface area contributed by atoms with E-state index in [0.29, 0.717) is 5.92 Å². The molecule has 2 aromatic rings. The van der Waals surface area contributed by atoms with Gasteiger partial charge in [-0.3, -0.25) is 9.78 Å². The number of hydrogen-bond donors (Lipinski definition) is 0. The van der Waals surface area contributed by atoms with Gasteiger partial charge in [-0.05, 0) is 30.7 Å². The van der Waals surface area contributed by atoms with E-state index in [2.05, 4.69) is 9.88 Å². The van der Waals surface area contributed by atoms with Crippen LogP contribution in [0.2, 0.25) is 0 Å². The van der Waals surface area contributed by atoms with Crippen molar-refractivity contribution >= 4 is 11.6 Å². The Kier molecular flexibility index (Phi) is 3.33. The molecule has 0 unspecified atom stereocenters.